The van der Waals surface area contributed by atoms with Crippen LogP contribution in [0.15, 0.2) is 0 Å². The van der Waals surface area contributed by atoms with Gasteiger partial charge in [0.1, 0.15) is 5.50 Å². The number of nitrogens with two attached hydrogens (primary N) is 2. The summed E-state index contributed by atoms with van der Waals surface area (Å²) >= 11 is 1.54. The van der Waals surface area contributed by atoms with Gasteiger partial charge in [-0.05, 0) is 5.75 Å². The summed E-state index contributed by atoms with van der Waals surface area (Å²) in [4.78, 5) is 0. The highest BCUT2D eigenvalue weighted by atomic mass is 32.2. The predicted molar refractivity (Wildman–Crippen MR) is 30.3 cm³/mol. The second kappa shape index (κ2) is 3.46. The van der Waals surface area contributed by atoms with Gasteiger partial charge in [-0.15, -0.1) is 11.8 Å². The molecule has 0 radical (unpaired) electrons. The van der Waals surface area contributed by atoms with Crippen LogP contribution in [0.5, 0.6) is 0 Å². The Bertz CT molecular complexity index is 30.0. The molecule has 0 saturated carbocycles. The van der Waals surface area contributed by atoms with E-state index in [0.29, 0.717) is 0 Å². The zero-order chi connectivity index (χ0) is 4.99. The second-order valence-corrected chi connectivity index (χ2v) is 2.37. The lowest BCUT2D eigenvalue weighted by Gasteiger charge is -1.97. The maximum atomic E-state index is 5.14. The normalized spacial score (nSPS) is 10.0. The first-order chi connectivity index (χ1) is 2.77. The van der Waals surface area contributed by atoms with E-state index in [2.05, 4.69) is 0 Å². The highest BCUT2D eigenvalue weighted by molar-refractivity contribution is 7.99. The van der Waals surface area contributed by atoms with E-state index in [-0.39, 0.29) is 5.50 Å². The van der Waals surface area contributed by atoms with Gasteiger partial charge >= 0.3 is 0 Å². The SMILES string of the molecule is CCSC(N)N. The lowest BCUT2D eigenvalue weighted by atomic mass is 11.0. The fourth-order valence-corrected chi connectivity index (χ4v) is 0.577. The average Bonchev–Trinajstić information content (AvgIpc) is 1.35. The van der Waals surface area contributed by atoms with Crippen molar-refractivity contribution < 1.29 is 0 Å². The zero-order valence-corrected chi connectivity index (χ0v) is 4.66. The molecule has 0 spiro atoms. The molecule has 0 bridgehead atoms. The third-order valence-electron chi connectivity index (χ3n) is 0.359. The Morgan fingerprint density at radius 1 is 1.67 bits per heavy atom. The van der Waals surface area contributed by atoms with E-state index >= 15 is 0 Å². The molecule has 0 unspecified atom stereocenters. The van der Waals surface area contributed by atoms with E-state index in [1.165, 1.54) is 0 Å². The van der Waals surface area contributed by atoms with Crippen molar-refractivity contribution in [3.8, 4) is 0 Å². The quantitative estimate of drug-likeness (QED) is 0.485. The minimum absolute atomic E-state index is 0.185. The first-order valence-corrected chi connectivity index (χ1v) is 2.95. The van der Waals surface area contributed by atoms with Gasteiger partial charge in [-0.3, -0.25) is 0 Å². The molecule has 0 fully saturated rings. The van der Waals surface area contributed by atoms with Crippen LogP contribution in [0, 0.1) is 0 Å². The minimum atomic E-state index is -0.185. The Morgan fingerprint density at radius 2 is 2.17 bits per heavy atom. The van der Waals surface area contributed by atoms with Gasteiger partial charge in [-0.25, -0.2) is 0 Å². The van der Waals surface area contributed by atoms with Crippen molar-refractivity contribution >= 4 is 11.8 Å². The largest absolute Gasteiger partial charge is 0.308 e. The van der Waals surface area contributed by atoms with Crippen molar-refractivity contribution in [2.75, 3.05) is 5.75 Å². The summed E-state index contributed by atoms with van der Waals surface area (Å²) in [7, 11) is 0. The molecule has 0 atom stereocenters. The molecule has 0 aliphatic rings. The Kier molecular flexibility index (Phi) is 3.62. The molecule has 0 saturated heterocycles. The monoisotopic (exact) mass is 106 g/mol. The summed E-state index contributed by atoms with van der Waals surface area (Å²) in [5.41, 5.74) is 10.1. The highest BCUT2D eigenvalue weighted by Gasteiger charge is 1.85. The van der Waals surface area contributed by atoms with E-state index in [1.54, 1.807) is 11.8 Å². The molecule has 0 aromatic heterocycles. The summed E-state index contributed by atoms with van der Waals surface area (Å²) in [5, 5.41) is 0. The van der Waals surface area contributed by atoms with Gasteiger partial charge in [0, 0.05) is 0 Å². The lowest BCUT2D eigenvalue weighted by molar-refractivity contribution is 0.988. The Labute approximate surface area is 42.3 Å². The first-order valence-electron chi connectivity index (χ1n) is 1.90. The van der Waals surface area contributed by atoms with Crippen molar-refractivity contribution in [2.45, 2.75) is 12.4 Å². The average molecular weight is 106 g/mol. The van der Waals surface area contributed by atoms with Gasteiger partial charge in [0.25, 0.3) is 0 Å². The molecule has 6 heavy (non-hydrogen) atoms. The van der Waals surface area contributed by atoms with Gasteiger partial charge in [0.2, 0.25) is 0 Å². The van der Waals surface area contributed by atoms with Crippen LogP contribution in [0.1, 0.15) is 6.92 Å². The number of rotatable bonds is 2. The summed E-state index contributed by atoms with van der Waals surface area (Å²) < 4.78 is 0. The van der Waals surface area contributed by atoms with Gasteiger partial charge in [0.05, 0.1) is 0 Å². The molecule has 3 heteroatoms. The molecular weight excluding hydrogens is 96.1 g/mol. The van der Waals surface area contributed by atoms with Crippen LogP contribution in [0.4, 0.5) is 0 Å². The maximum absolute atomic E-state index is 5.14. The minimum Gasteiger partial charge on any atom is -0.308 e. The van der Waals surface area contributed by atoms with Gasteiger partial charge in [0.15, 0.2) is 0 Å². The van der Waals surface area contributed by atoms with Crippen molar-refractivity contribution in [1.29, 1.82) is 0 Å². The van der Waals surface area contributed by atoms with Crippen LogP contribution in [-0.2, 0) is 0 Å². The number of hydrogen-bond donors (Lipinski definition) is 2. The summed E-state index contributed by atoms with van der Waals surface area (Å²) in [6.45, 7) is 2.03. The summed E-state index contributed by atoms with van der Waals surface area (Å²) in [6.07, 6.45) is 0. The molecule has 0 aromatic carbocycles. The number of hydrogen-bond acceptors (Lipinski definition) is 3. The van der Waals surface area contributed by atoms with Crippen LogP contribution in [0.3, 0.4) is 0 Å². The van der Waals surface area contributed by atoms with Crippen molar-refractivity contribution in [2.24, 2.45) is 11.5 Å². The van der Waals surface area contributed by atoms with E-state index < -0.39 is 0 Å². The molecule has 0 aliphatic carbocycles. The Balaban J connectivity index is 2.63. The third-order valence-corrected chi connectivity index (χ3v) is 1.08. The Hall–Kier alpha value is 0.270. The van der Waals surface area contributed by atoms with Crippen molar-refractivity contribution in [3.63, 3.8) is 0 Å². The van der Waals surface area contributed by atoms with Crippen molar-refractivity contribution in [1.82, 2.24) is 0 Å². The van der Waals surface area contributed by atoms with E-state index in [1.807, 2.05) is 6.92 Å². The maximum Gasteiger partial charge on any atom is 0.100 e. The molecule has 0 amide bonds. The molecule has 2 nitrogen and oxygen atoms in total. The van der Waals surface area contributed by atoms with Crippen LogP contribution >= 0.6 is 11.8 Å². The highest BCUT2D eigenvalue weighted by Crippen LogP contribution is 1.95. The Morgan fingerprint density at radius 3 is 2.17 bits per heavy atom. The van der Waals surface area contributed by atoms with Gasteiger partial charge in [-0.2, -0.15) is 0 Å². The summed E-state index contributed by atoms with van der Waals surface area (Å²) in [6, 6.07) is 0. The fourth-order valence-electron chi connectivity index (χ4n) is 0.192. The molecule has 0 heterocycles. The van der Waals surface area contributed by atoms with E-state index in [9.17, 15) is 0 Å². The molecule has 38 valence electrons. The fraction of sp³-hybridized carbons (Fsp3) is 1.00. The van der Waals surface area contributed by atoms with Gasteiger partial charge < -0.3 is 11.5 Å². The smallest absolute Gasteiger partial charge is 0.100 e. The molecule has 0 rings (SSSR count). The van der Waals surface area contributed by atoms with Crippen LogP contribution in [-0.4, -0.2) is 11.3 Å². The van der Waals surface area contributed by atoms with Crippen LogP contribution in [0.25, 0.3) is 0 Å². The van der Waals surface area contributed by atoms with Crippen LogP contribution in [0.2, 0.25) is 0 Å². The number of thioether (sulfide) groups is 1. The molecule has 4 N–H and O–H groups in total. The standard InChI is InChI=1S/C3H10N2S/c1-2-6-3(4)5/h3H,2,4-5H2,1H3. The van der Waals surface area contributed by atoms with E-state index in [0.717, 1.165) is 5.75 Å². The summed E-state index contributed by atoms with van der Waals surface area (Å²) in [5.74, 6) is 0.998. The van der Waals surface area contributed by atoms with Crippen molar-refractivity contribution in [3.05, 3.63) is 0 Å². The molecule has 0 aromatic rings. The third kappa shape index (κ3) is 4.27. The van der Waals surface area contributed by atoms with Gasteiger partial charge in [-0.1, -0.05) is 6.92 Å². The topological polar surface area (TPSA) is 52.0 Å². The zero-order valence-electron chi connectivity index (χ0n) is 3.85. The predicted octanol–water partition coefficient (Wildman–Crippen LogP) is -0.0595. The molecule has 0 aliphatic heterocycles. The van der Waals surface area contributed by atoms with E-state index in [4.69, 9.17) is 11.5 Å². The van der Waals surface area contributed by atoms with Crippen LogP contribution < -0.4 is 11.5 Å². The first kappa shape index (κ1) is 6.27. The second-order valence-electron chi connectivity index (χ2n) is 0.920. The molecular formula is C3H10N2S. The lowest BCUT2D eigenvalue weighted by Crippen LogP contribution is -2.26.